The largest absolute Gasteiger partial charge is 0.364 e. The van der Waals surface area contributed by atoms with Crippen LogP contribution >= 0.6 is 15.9 Å². The van der Waals surface area contributed by atoms with Gasteiger partial charge in [-0.05, 0) is 24.6 Å². The average Bonchev–Trinajstić information content (AvgIpc) is 2.93. The lowest BCUT2D eigenvalue weighted by molar-refractivity contribution is 1.07. The number of fused-ring (bicyclic) bond motifs is 1. The molecular weight excluding hydrogens is 332 g/mol. The number of benzene rings is 1. The molecule has 0 aliphatic rings. The summed E-state index contributed by atoms with van der Waals surface area (Å²) in [4.78, 5) is 16.1. The standard InChI is InChI=1S/C14H15BrN6/c1-2-16-14-20-12(11-13(21-14)19-8-18-11)17-7-9-4-3-5-10(15)6-9/h3-6,8H,2,7H2,1H3,(H3,16,17,18,19,20,21). The second-order valence-electron chi connectivity index (χ2n) is 4.51. The van der Waals surface area contributed by atoms with E-state index in [0.29, 0.717) is 18.1 Å². The van der Waals surface area contributed by atoms with Gasteiger partial charge in [0.05, 0.1) is 6.33 Å². The van der Waals surface area contributed by atoms with E-state index < -0.39 is 0 Å². The van der Waals surface area contributed by atoms with Gasteiger partial charge >= 0.3 is 0 Å². The summed E-state index contributed by atoms with van der Waals surface area (Å²) < 4.78 is 1.06. The lowest BCUT2D eigenvalue weighted by atomic mass is 10.2. The van der Waals surface area contributed by atoms with E-state index >= 15 is 0 Å². The highest BCUT2D eigenvalue weighted by Crippen LogP contribution is 2.20. The first-order valence-electron chi connectivity index (χ1n) is 6.69. The third-order valence-electron chi connectivity index (χ3n) is 2.97. The van der Waals surface area contributed by atoms with E-state index in [4.69, 9.17) is 0 Å². The van der Waals surface area contributed by atoms with Crippen molar-refractivity contribution in [3.05, 3.63) is 40.6 Å². The van der Waals surface area contributed by atoms with Crippen LogP contribution in [0.3, 0.4) is 0 Å². The number of halogens is 1. The maximum Gasteiger partial charge on any atom is 0.226 e. The zero-order valence-electron chi connectivity index (χ0n) is 11.5. The number of hydrogen-bond donors (Lipinski definition) is 3. The average molecular weight is 347 g/mol. The smallest absolute Gasteiger partial charge is 0.226 e. The van der Waals surface area contributed by atoms with Crippen molar-refractivity contribution in [3.63, 3.8) is 0 Å². The van der Waals surface area contributed by atoms with Gasteiger partial charge in [0.2, 0.25) is 5.95 Å². The molecule has 2 aromatic heterocycles. The highest BCUT2D eigenvalue weighted by molar-refractivity contribution is 9.10. The van der Waals surface area contributed by atoms with Crippen LogP contribution in [0.25, 0.3) is 11.2 Å². The fraction of sp³-hybridized carbons (Fsp3) is 0.214. The number of anilines is 2. The van der Waals surface area contributed by atoms with Crippen molar-refractivity contribution in [1.82, 2.24) is 19.9 Å². The van der Waals surface area contributed by atoms with Crippen molar-refractivity contribution in [2.75, 3.05) is 17.2 Å². The van der Waals surface area contributed by atoms with Gasteiger partial charge in [-0.25, -0.2) is 4.98 Å². The highest BCUT2D eigenvalue weighted by atomic mass is 79.9. The van der Waals surface area contributed by atoms with Crippen LogP contribution in [0, 0.1) is 0 Å². The molecule has 3 aromatic rings. The Balaban J connectivity index is 1.86. The lowest BCUT2D eigenvalue weighted by Crippen LogP contribution is -2.07. The second kappa shape index (κ2) is 6.09. The number of hydrogen-bond acceptors (Lipinski definition) is 5. The first kappa shape index (κ1) is 13.8. The Hall–Kier alpha value is -2.15. The molecule has 1 aromatic carbocycles. The van der Waals surface area contributed by atoms with Gasteiger partial charge in [-0.2, -0.15) is 9.97 Å². The van der Waals surface area contributed by atoms with Crippen molar-refractivity contribution in [2.45, 2.75) is 13.5 Å². The van der Waals surface area contributed by atoms with E-state index in [9.17, 15) is 0 Å². The van der Waals surface area contributed by atoms with Crippen molar-refractivity contribution in [3.8, 4) is 0 Å². The Labute approximate surface area is 130 Å². The number of rotatable bonds is 5. The third kappa shape index (κ3) is 3.13. The van der Waals surface area contributed by atoms with Gasteiger partial charge in [-0.15, -0.1) is 0 Å². The predicted octanol–water partition coefficient (Wildman–Crippen LogP) is 3.16. The summed E-state index contributed by atoms with van der Waals surface area (Å²) >= 11 is 3.47. The second-order valence-corrected chi connectivity index (χ2v) is 5.43. The minimum atomic E-state index is 0.578. The number of nitrogens with zero attached hydrogens (tertiary/aromatic N) is 3. The van der Waals surface area contributed by atoms with Crippen LogP contribution in [0.2, 0.25) is 0 Å². The maximum atomic E-state index is 4.48. The topological polar surface area (TPSA) is 78.5 Å². The Morgan fingerprint density at radius 1 is 1.24 bits per heavy atom. The molecular formula is C14H15BrN6. The fourth-order valence-corrected chi connectivity index (χ4v) is 2.48. The fourth-order valence-electron chi connectivity index (χ4n) is 2.03. The molecule has 0 aliphatic heterocycles. The molecule has 0 spiro atoms. The molecule has 6 nitrogen and oxygen atoms in total. The van der Waals surface area contributed by atoms with Crippen molar-refractivity contribution < 1.29 is 0 Å². The number of H-pyrrole nitrogens is 1. The summed E-state index contributed by atoms with van der Waals surface area (Å²) in [5.74, 6) is 1.32. The molecule has 21 heavy (non-hydrogen) atoms. The highest BCUT2D eigenvalue weighted by Gasteiger charge is 2.09. The van der Waals surface area contributed by atoms with Crippen LogP contribution in [0.5, 0.6) is 0 Å². The van der Waals surface area contributed by atoms with Gasteiger partial charge in [0.15, 0.2) is 11.5 Å². The lowest BCUT2D eigenvalue weighted by Gasteiger charge is -2.09. The summed E-state index contributed by atoms with van der Waals surface area (Å²) in [5, 5.41) is 6.45. The molecule has 2 heterocycles. The van der Waals surface area contributed by atoms with Gasteiger partial charge in [-0.3, -0.25) is 0 Å². The van der Waals surface area contributed by atoms with Crippen LogP contribution < -0.4 is 10.6 Å². The quantitative estimate of drug-likeness (QED) is 0.661. The number of aromatic nitrogens is 4. The summed E-state index contributed by atoms with van der Waals surface area (Å²) in [5.41, 5.74) is 2.63. The van der Waals surface area contributed by atoms with Crippen molar-refractivity contribution in [2.24, 2.45) is 0 Å². The molecule has 0 bridgehead atoms. The van der Waals surface area contributed by atoms with E-state index in [2.05, 4.69) is 58.6 Å². The summed E-state index contributed by atoms with van der Waals surface area (Å²) in [6.07, 6.45) is 1.62. The SMILES string of the molecule is CCNc1nc(NCc2cccc(Br)c2)c2[nH]cnc2n1. The van der Waals surface area contributed by atoms with Crippen LogP contribution in [-0.2, 0) is 6.54 Å². The molecule has 3 rings (SSSR count). The van der Waals surface area contributed by atoms with Gasteiger partial charge in [0, 0.05) is 17.6 Å². The first-order chi connectivity index (χ1) is 10.3. The van der Waals surface area contributed by atoms with Crippen LogP contribution in [0.1, 0.15) is 12.5 Å². The summed E-state index contributed by atoms with van der Waals surface area (Å²) in [6.45, 7) is 3.45. The van der Waals surface area contributed by atoms with Gasteiger partial charge in [-0.1, -0.05) is 28.1 Å². The summed E-state index contributed by atoms with van der Waals surface area (Å²) in [7, 11) is 0. The van der Waals surface area contributed by atoms with E-state index in [1.54, 1.807) is 6.33 Å². The molecule has 0 saturated heterocycles. The molecule has 0 amide bonds. The number of aromatic amines is 1. The molecule has 0 saturated carbocycles. The van der Waals surface area contributed by atoms with E-state index in [-0.39, 0.29) is 0 Å². The molecule has 0 fully saturated rings. The molecule has 0 unspecified atom stereocenters. The molecule has 0 atom stereocenters. The van der Waals surface area contributed by atoms with E-state index in [1.165, 1.54) is 5.56 Å². The Morgan fingerprint density at radius 3 is 2.95 bits per heavy atom. The molecule has 7 heteroatoms. The van der Waals surface area contributed by atoms with Crippen LogP contribution in [0.15, 0.2) is 35.1 Å². The van der Waals surface area contributed by atoms with Crippen LogP contribution in [0.4, 0.5) is 11.8 Å². The maximum absolute atomic E-state index is 4.48. The Bertz CT molecular complexity index is 754. The van der Waals surface area contributed by atoms with E-state index in [0.717, 1.165) is 22.4 Å². The van der Waals surface area contributed by atoms with Gasteiger partial charge in [0.1, 0.15) is 5.52 Å². The number of nitrogens with one attached hydrogen (secondary N) is 3. The monoisotopic (exact) mass is 346 g/mol. The Kier molecular flexibility index (Phi) is 4.01. The number of imidazole rings is 1. The van der Waals surface area contributed by atoms with Gasteiger partial charge in [0.25, 0.3) is 0 Å². The molecule has 3 N–H and O–H groups in total. The summed E-state index contributed by atoms with van der Waals surface area (Å²) in [6, 6.07) is 8.15. The zero-order valence-corrected chi connectivity index (χ0v) is 13.1. The first-order valence-corrected chi connectivity index (χ1v) is 7.49. The molecule has 0 aliphatic carbocycles. The van der Waals surface area contributed by atoms with Crippen molar-refractivity contribution >= 4 is 38.9 Å². The molecule has 0 radical (unpaired) electrons. The Morgan fingerprint density at radius 2 is 2.14 bits per heavy atom. The van der Waals surface area contributed by atoms with E-state index in [1.807, 2.05) is 19.1 Å². The third-order valence-corrected chi connectivity index (χ3v) is 3.46. The predicted molar refractivity (Wildman–Crippen MR) is 87.3 cm³/mol. The molecule has 108 valence electrons. The van der Waals surface area contributed by atoms with Gasteiger partial charge < -0.3 is 15.6 Å². The normalized spacial score (nSPS) is 10.8. The minimum Gasteiger partial charge on any atom is -0.364 e. The minimum absolute atomic E-state index is 0.578. The van der Waals surface area contributed by atoms with Crippen LogP contribution in [-0.4, -0.2) is 26.5 Å². The zero-order chi connectivity index (χ0) is 14.7. The van der Waals surface area contributed by atoms with Crippen molar-refractivity contribution in [1.29, 1.82) is 0 Å².